The summed E-state index contributed by atoms with van der Waals surface area (Å²) >= 11 is 0. The van der Waals surface area contributed by atoms with Crippen LogP contribution >= 0.6 is 0 Å². The predicted octanol–water partition coefficient (Wildman–Crippen LogP) is 5.92. The van der Waals surface area contributed by atoms with Gasteiger partial charge >= 0.3 is 41.9 Å². The summed E-state index contributed by atoms with van der Waals surface area (Å²) in [6.45, 7) is 12.2. The van der Waals surface area contributed by atoms with Crippen LogP contribution in [0.2, 0.25) is 0 Å². The number of pyridine rings is 4. The number of nitrogens with zero attached hydrogens (tertiary/aromatic N) is 8. The number of aryl methyl sites for hydroxylation is 2. The molecule has 2 atom stereocenters. The van der Waals surface area contributed by atoms with Gasteiger partial charge in [0.25, 0.3) is 11.1 Å². The third-order valence-electron chi connectivity index (χ3n) is 25.2. The molecule has 4 aromatic heterocycles. The van der Waals surface area contributed by atoms with Crippen LogP contribution in [0.4, 0.5) is 4.79 Å². The van der Waals surface area contributed by atoms with Gasteiger partial charge in [0.05, 0.1) is 131 Å². The highest BCUT2D eigenvalue weighted by atomic mass is 16.6. The molecule has 4 fully saturated rings. The van der Waals surface area contributed by atoms with Crippen LogP contribution in [0.1, 0.15) is 149 Å². The lowest BCUT2D eigenvalue weighted by molar-refractivity contribution is -0.189. The summed E-state index contributed by atoms with van der Waals surface area (Å²) in [6, 6.07) is 15.3. The number of nitrogens with one attached hydrogen (secondary N) is 2. The Balaban J connectivity index is 0.558. The lowest BCUT2D eigenvalue weighted by Crippen LogP contribution is -2.49. The first-order valence-corrected chi connectivity index (χ1v) is 44.4. The smallest absolute Gasteiger partial charge is 0.415 e. The maximum atomic E-state index is 14.6. The van der Waals surface area contributed by atoms with Gasteiger partial charge in [0.2, 0.25) is 23.0 Å². The zero-order chi connectivity index (χ0) is 90.2. The first-order valence-electron chi connectivity index (χ1n) is 44.4. The minimum absolute atomic E-state index is 0.0975. The SMILES string of the molecule is C=C(Oc1ccc2nc3c(c(CC)c2c1)Cn1c-3cc2c(c1=O)COC(=O)C2(CC)OC(=O)CNC(=O)COCCOCC(COCCOCC(=O)O)(COCCOCC(=O)O)OCCOCC(=O)NCC(=O)OC1(CC)C(=O)OCc2c1cc1n(c2=O)Cc2c-1nc1ccc(OC(=O)N3CCC(N4CCCCC4)CC3)cc1c2CC)N1CCC(N2CCCCC2)CC1. The van der Waals surface area contributed by atoms with Crippen LogP contribution in [-0.4, -0.2) is 285 Å². The molecule has 2 aromatic carbocycles. The number of carboxylic acids is 2. The van der Waals surface area contributed by atoms with Gasteiger partial charge in [-0.1, -0.05) is 40.5 Å². The third kappa shape index (κ3) is 21.2. The summed E-state index contributed by atoms with van der Waals surface area (Å²) < 4.78 is 84.2. The maximum absolute atomic E-state index is 14.6. The second kappa shape index (κ2) is 42.6. The number of cyclic esters (lactones) is 2. The van der Waals surface area contributed by atoms with Crippen molar-refractivity contribution in [3.05, 3.63) is 126 Å². The molecular formula is C91H114N10O27. The molecule has 4 saturated heterocycles. The van der Waals surface area contributed by atoms with Crippen LogP contribution in [0.15, 0.2) is 70.6 Å². The van der Waals surface area contributed by atoms with E-state index in [9.17, 15) is 52.7 Å². The van der Waals surface area contributed by atoms with E-state index in [1.54, 1.807) is 58.2 Å². The van der Waals surface area contributed by atoms with Crippen molar-refractivity contribution in [2.75, 3.05) is 165 Å². The van der Waals surface area contributed by atoms with Gasteiger partial charge in [-0.05, 0) is 169 Å². The number of hydrogen-bond acceptors (Lipinski definition) is 30. The molecule has 0 aliphatic carbocycles. The second-order valence-electron chi connectivity index (χ2n) is 33.2. The maximum Gasteiger partial charge on any atom is 0.415 e. The van der Waals surface area contributed by atoms with Crippen LogP contribution in [0, 0.1) is 0 Å². The average Bonchev–Trinajstić information content (AvgIpc) is 1.53. The van der Waals surface area contributed by atoms with E-state index in [0.29, 0.717) is 89.2 Å². The Kier molecular flexibility index (Phi) is 31.0. The highest BCUT2D eigenvalue weighted by molar-refractivity contribution is 5.94. The van der Waals surface area contributed by atoms with Crippen molar-refractivity contribution < 1.29 is 120 Å². The van der Waals surface area contributed by atoms with E-state index in [1.165, 1.54) is 38.5 Å². The molecule has 37 heteroatoms. The molecule has 14 rings (SSSR count). The molecule has 8 aliphatic heterocycles. The molecule has 0 saturated carbocycles. The first kappa shape index (κ1) is 93.3. The number of ether oxygens (including phenoxy) is 14. The van der Waals surface area contributed by atoms with Crippen LogP contribution in [0.5, 0.6) is 11.5 Å². The molecule has 690 valence electrons. The topological polar surface area (TPSA) is 430 Å². The monoisotopic (exact) mass is 1780 g/mol. The number of aliphatic carboxylic acids is 2. The number of carbonyl (C=O) groups excluding carboxylic acids is 7. The third-order valence-corrected chi connectivity index (χ3v) is 25.2. The van der Waals surface area contributed by atoms with Crippen molar-refractivity contribution in [3.8, 4) is 34.3 Å². The number of carboxylic acid groups (broad SMARTS) is 2. The predicted molar refractivity (Wildman–Crippen MR) is 457 cm³/mol. The van der Waals surface area contributed by atoms with Gasteiger partial charge in [0.15, 0.2) is 5.88 Å². The van der Waals surface area contributed by atoms with Crippen molar-refractivity contribution in [1.29, 1.82) is 0 Å². The fourth-order valence-electron chi connectivity index (χ4n) is 18.6. The largest absolute Gasteiger partial charge is 0.480 e. The number of amides is 3. The van der Waals surface area contributed by atoms with Gasteiger partial charge in [-0.3, -0.25) is 28.8 Å². The Morgan fingerprint density at radius 3 is 1.30 bits per heavy atom. The molecule has 12 heterocycles. The van der Waals surface area contributed by atoms with Crippen LogP contribution in [0.3, 0.4) is 0 Å². The van der Waals surface area contributed by atoms with E-state index in [4.69, 9.17) is 86.5 Å². The molecule has 2 unspecified atom stereocenters. The van der Waals surface area contributed by atoms with Gasteiger partial charge in [-0.2, -0.15) is 0 Å². The van der Waals surface area contributed by atoms with Crippen molar-refractivity contribution in [3.63, 3.8) is 0 Å². The Hall–Kier alpha value is -10.9. The normalized spacial score (nSPS) is 18.8. The average molecular weight is 1780 g/mol. The Bertz CT molecular complexity index is 5230. The molecule has 0 spiro atoms. The highest BCUT2D eigenvalue weighted by Crippen LogP contribution is 2.46. The standard InChI is InChI=1S/C91H114N10O27/c1-6-62-64-40-60(125-57(5)96-28-20-58(21-29-96)97-24-12-10-13-25-97)16-18-72(64)94-82-66(62)46-100-74(82)42-70-68(84(100)110)48-122-86(112)90(70,8-3)127-80(108)44-92-76(102)50-115-32-35-119-54-89(55-120-36-33-117-52-78(104)105,56-121-37-34-118-53-79(106)107)124-39-38-116-51-77(103)93-45-81(109)128-91(9-4)71-43-75-83-67(47-101(75)85(111)69(71)49-123-87(91)113)63(7-2)65-41-61(17-19-73(65)95-83)126-88(114)99-30-22-59(23-31-99)98-26-14-11-15-27-98/h16-19,40-43,58-59H,5-15,20-39,44-56H2,1-4H3,(H,92,102)(H,93,103)(H,104,105)(H,106,107). The number of benzene rings is 2. The molecular weight excluding hydrogens is 1670 g/mol. The minimum atomic E-state index is -2.11. The van der Waals surface area contributed by atoms with Crippen molar-refractivity contribution >= 4 is 75.5 Å². The number of carbonyl (C=O) groups is 9. The summed E-state index contributed by atoms with van der Waals surface area (Å²) in [5, 5.41) is 24.7. The number of hydrogen-bond donors (Lipinski definition) is 4. The van der Waals surface area contributed by atoms with Crippen molar-refractivity contribution in [2.45, 2.75) is 173 Å². The van der Waals surface area contributed by atoms with E-state index in [0.717, 1.165) is 98.0 Å². The minimum Gasteiger partial charge on any atom is -0.480 e. The lowest BCUT2D eigenvalue weighted by Gasteiger charge is -2.41. The van der Waals surface area contributed by atoms with Gasteiger partial charge in [-0.15, -0.1) is 0 Å². The Labute approximate surface area is 739 Å². The Morgan fingerprint density at radius 2 is 0.891 bits per heavy atom. The zero-order valence-electron chi connectivity index (χ0n) is 73.1. The van der Waals surface area contributed by atoms with Crippen LogP contribution in [0.25, 0.3) is 44.6 Å². The number of esters is 4. The summed E-state index contributed by atoms with van der Waals surface area (Å²) in [4.78, 5) is 167. The van der Waals surface area contributed by atoms with E-state index in [-0.39, 0.29) is 127 Å². The lowest BCUT2D eigenvalue weighted by atomic mass is 9.85. The van der Waals surface area contributed by atoms with Gasteiger partial charge in [0.1, 0.15) is 69.8 Å². The molecule has 37 nitrogen and oxygen atoms in total. The van der Waals surface area contributed by atoms with Crippen LogP contribution < -0.4 is 31.2 Å². The summed E-state index contributed by atoms with van der Waals surface area (Å²) in [7, 11) is 0. The summed E-state index contributed by atoms with van der Waals surface area (Å²) in [5.41, 5.74) is 0.401. The molecule has 6 aromatic rings. The second-order valence-corrected chi connectivity index (χ2v) is 33.2. The van der Waals surface area contributed by atoms with E-state index < -0.39 is 128 Å². The van der Waals surface area contributed by atoms with E-state index >= 15 is 0 Å². The molecule has 128 heavy (non-hydrogen) atoms. The van der Waals surface area contributed by atoms with Crippen LogP contribution in [-0.2, 0) is 146 Å². The summed E-state index contributed by atoms with van der Waals surface area (Å²) in [5.74, 6) is -6.29. The quantitative estimate of drug-likeness (QED) is 0.0149. The Morgan fingerprint density at radius 1 is 0.492 bits per heavy atom. The molecule has 4 N–H and O–H groups in total. The van der Waals surface area contributed by atoms with Gasteiger partial charge < -0.3 is 116 Å². The number of rotatable bonds is 43. The summed E-state index contributed by atoms with van der Waals surface area (Å²) in [6.07, 6.45) is 11.7. The van der Waals surface area contributed by atoms with Crippen molar-refractivity contribution in [1.82, 2.24) is 49.3 Å². The molecule has 0 bridgehead atoms. The number of piperidine rings is 4. The fourth-order valence-corrected chi connectivity index (χ4v) is 18.6. The van der Waals surface area contributed by atoms with E-state index in [2.05, 4.69) is 31.9 Å². The zero-order valence-corrected chi connectivity index (χ0v) is 73.1. The van der Waals surface area contributed by atoms with E-state index in [1.807, 2.05) is 32.0 Å². The molecule has 3 amide bonds. The highest BCUT2D eigenvalue weighted by Gasteiger charge is 2.53. The first-order chi connectivity index (χ1) is 62.0. The number of fused-ring (bicyclic) bond motifs is 10. The number of likely N-dealkylation sites (tertiary alicyclic amines) is 4. The van der Waals surface area contributed by atoms with Crippen molar-refractivity contribution in [2.24, 2.45) is 0 Å². The van der Waals surface area contributed by atoms with Gasteiger partial charge in [0, 0.05) is 71.3 Å². The number of aromatic nitrogens is 4. The molecule has 0 radical (unpaired) electrons. The molecule has 8 aliphatic rings. The van der Waals surface area contributed by atoms with Gasteiger partial charge in [-0.25, -0.2) is 33.9 Å². The fraction of sp³-hybridized carbons (Fsp3) is 0.571.